The highest BCUT2D eigenvalue weighted by molar-refractivity contribution is 7.79. The Kier molecular flexibility index (Phi) is 4.23. The summed E-state index contributed by atoms with van der Waals surface area (Å²) in [6, 6.07) is 5.87. The molecular formula is C13H12N4O4S. The van der Waals surface area contributed by atoms with E-state index in [1.807, 2.05) is 6.07 Å². The van der Waals surface area contributed by atoms with E-state index in [0.29, 0.717) is 17.0 Å². The number of benzene rings is 1. The second kappa shape index (κ2) is 5.95. The third-order valence-electron chi connectivity index (χ3n) is 3.09. The van der Waals surface area contributed by atoms with Gasteiger partial charge in [0.25, 0.3) is 5.69 Å². The molecule has 1 aromatic carbocycles. The summed E-state index contributed by atoms with van der Waals surface area (Å²) in [6.45, 7) is 5.01. The molecule has 1 unspecified atom stereocenters. The lowest BCUT2D eigenvalue weighted by Gasteiger charge is -2.09. The average molecular weight is 320 g/mol. The van der Waals surface area contributed by atoms with E-state index in [1.54, 1.807) is 20.8 Å². The van der Waals surface area contributed by atoms with Gasteiger partial charge in [-0.3, -0.25) is 10.1 Å². The third-order valence-corrected chi connectivity index (χ3v) is 4.15. The van der Waals surface area contributed by atoms with Gasteiger partial charge in [0, 0.05) is 6.07 Å². The summed E-state index contributed by atoms with van der Waals surface area (Å²) in [4.78, 5) is 14.2. The maximum atomic E-state index is 12.4. The molecule has 1 heterocycles. The molecular weight excluding hydrogens is 308 g/mol. The minimum atomic E-state index is -2.06. The normalized spacial score (nSPS) is 11.7. The molecule has 0 saturated carbocycles. The van der Waals surface area contributed by atoms with Crippen LogP contribution in [0.3, 0.4) is 0 Å². The second-order valence-electron chi connectivity index (χ2n) is 4.52. The van der Waals surface area contributed by atoms with Gasteiger partial charge in [0.15, 0.2) is 5.75 Å². The van der Waals surface area contributed by atoms with Gasteiger partial charge in [0.2, 0.25) is 5.82 Å². The number of nitro groups is 1. The van der Waals surface area contributed by atoms with E-state index >= 15 is 0 Å². The fourth-order valence-electron chi connectivity index (χ4n) is 1.75. The van der Waals surface area contributed by atoms with Gasteiger partial charge in [-0.15, -0.1) is 0 Å². The summed E-state index contributed by atoms with van der Waals surface area (Å²) in [5.41, 5.74) is 1.51. The van der Waals surface area contributed by atoms with Crippen molar-refractivity contribution in [1.29, 1.82) is 5.26 Å². The fourth-order valence-corrected chi connectivity index (χ4v) is 2.74. The number of hydrogen-bond donors (Lipinski definition) is 0. The lowest BCUT2D eigenvalue weighted by Crippen LogP contribution is -2.15. The molecule has 0 aliphatic rings. The summed E-state index contributed by atoms with van der Waals surface area (Å²) < 4.78 is 18.8. The van der Waals surface area contributed by atoms with Gasteiger partial charge in [0.05, 0.1) is 22.4 Å². The average Bonchev–Trinajstić information content (AvgIpc) is 2.76. The molecule has 1 aromatic heterocycles. The van der Waals surface area contributed by atoms with Crippen molar-refractivity contribution >= 4 is 17.0 Å². The molecule has 0 saturated heterocycles. The Morgan fingerprint density at radius 1 is 1.41 bits per heavy atom. The van der Waals surface area contributed by atoms with Gasteiger partial charge < -0.3 is 4.18 Å². The van der Waals surface area contributed by atoms with Crippen LogP contribution in [0.4, 0.5) is 5.69 Å². The molecule has 0 bridgehead atoms. The van der Waals surface area contributed by atoms with Crippen molar-refractivity contribution in [1.82, 2.24) is 8.96 Å². The van der Waals surface area contributed by atoms with Crippen LogP contribution in [0.5, 0.6) is 5.75 Å². The first kappa shape index (κ1) is 15.7. The minimum absolute atomic E-state index is 0.0450. The van der Waals surface area contributed by atoms with Gasteiger partial charge >= 0.3 is 11.3 Å². The Bertz CT molecular complexity index is 822. The van der Waals surface area contributed by atoms with E-state index < -0.39 is 16.2 Å². The molecule has 114 valence electrons. The number of hydrogen-bond acceptors (Lipinski definition) is 6. The number of nitriles is 1. The predicted molar refractivity (Wildman–Crippen MR) is 78.4 cm³/mol. The van der Waals surface area contributed by atoms with Crippen LogP contribution >= 0.6 is 0 Å². The minimum Gasteiger partial charge on any atom is -0.384 e. The van der Waals surface area contributed by atoms with Crippen LogP contribution in [0.2, 0.25) is 0 Å². The van der Waals surface area contributed by atoms with Crippen LogP contribution in [-0.4, -0.2) is 18.1 Å². The molecule has 1 atom stereocenters. The molecule has 0 spiro atoms. The Morgan fingerprint density at radius 2 is 2.09 bits per heavy atom. The highest BCUT2D eigenvalue weighted by Gasteiger charge is 2.19. The summed E-state index contributed by atoms with van der Waals surface area (Å²) in [5, 5.41) is 19.8. The van der Waals surface area contributed by atoms with Crippen LogP contribution < -0.4 is 4.18 Å². The Hall–Kier alpha value is -2.73. The Morgan fingerprint density at radius 3 is 2.68 bits per heavy atom. The molecule has 0 aliphatic carbocycles. The summed E-state index contributed by atoms with van der Waals surface area (Å²) in [7, 11) is 0. The third kappa shape index (κ3) is 2.82. The topological polar surface area (TPSA) is 111 Å². The molecule has 0 aliphatic heterocycles. The van der Waals surface area contributed by atoms with Gasteiger partial charge in [0.1, 0.15) is 6.07 Å². The number of non-ortho nitro benzene ring substituents is 1. The van der Waals surface area contributed by atoms with Crippen molar-refractivity contribution < 1.29 is 13.3 Å². The SMILES string of the molecule is Cc1ccc([N+](=O)[O-])cc1OS(=O)n1c(C#N)nc(C)c1C. The smallest absolute Gasteiger partial charge is 0.325 e. The van der Waals surface area contributed by atoms with Gasteiger partial charge in [-0.2, -0.15) is 9.47 Å². The van der Waals surface area contributed by atoms with E-state index in [4.69, 9.17) is 9.44 Å². The lowest BCUT2D eigenvalue weighted by atomic mass is 10.2. The zero-order chi connectivity index (χ0) is 16.4. The van der Waals surface area contributed by atoms with Gasteiger partial charge in [-0.25, -0.2) is 8.96 Å². The first-order valence-corrected chi connectivity index (χ1v) is 7.20. The molecule has 9 heteroatoms. The van der Waals surface area contributed by atoms with Crippen molar-refractivity contribution in [3.8, 4) is 11.8 Å². The van der Waals surface area contributed by atoms with Crippen molar-refractivity contribution in [2.45, 2.75) is 20.8 Å². The number of nitrogens with zero attached hydrogens (tertiary/aromatic N) is 4. The van der Waals surface area contributed by atoms with Crippen LogP contribution in [0.1, 0.15) is 22.8 Å². The van der Waals surface area contributed by atoms with Crippen molar-refractivity contribution in [2.24, 2.45) is 0 Å². The lowest BCUT2D eigenvalue weighted by molar-refractivity contribution is -0.384. The first-order chi connectivity index (χ1) is 10.3. The molecule has 2 rings (SSSR count). The highest BCUT2D eigenvalue weighted by atomic mass is 32.2. The van der Waals surface area contributed by atoms with Crippen LogP contribution in [0.15, 0.2) is 18.2 Å². The number of aromatic nitrogens is 2. The molecule has 0 fully saturated rings. The number of rotatable bonds is 4. The highest BCUT2D eigenvalue weighted by Crippen LogP contribution is 2.25. The fraction of sp³-hybridized carbons (Fsp3) is 0.231. The quantitative estimate of drug-likeness (QED) is 0.630. The standard InChI is InChI=1S/C13H12N4O4S/c1-8-4-5-11(17(18)19)6-12(8)21-22(20)16-10(3)9(2)15-13(16)7-14/h4-6H,1-3H3. The Labute approximate surface area is 128 Å². The molecule has 0 radical (unpaired) electrons. The van der Waals surface area contributed by atoms with E-state index in [0.717, 1.165) is 3.97 Å². The summed E-state index contributed by atoms with van der Waals surface area (Å²) >= 11 is -2.06. The van der Waals surface area contributed by atoms with Crippen LogP contribution in [0, 0.1) is 42.2 Å². The van der Waals surface area contributed by atoms with Crippen LogP contribution in [0.25, 0.3) is 0 Å². The Balaban J connectivity index is 2.40. The van der Waals surface area contributed by atoms with Crippen LogP contribution in [-0.2, 0) is 11.3 Å². The number of nitro benzene ring substituents is 1. The van der Waals surface area contributed by atoms with Crippen molar-refractivity contribution in [3.05, 3.63) is 51.1 Å². The summed E-state index contributed by atoms with van der Waals surface area (Å²) in [5.74, 6) is 0.0681. The summed E-state index contributed by atoms with van der Waals surface area (Å²) in [6.07, 6.45) is 0. The molecule has 22 heavy (non-hydrogen) atoms. The molecule has 8 nitrogen and oxygen atoms in total. The van der Waals surface area contributed by atoms with Crippen molar-refractivity contribution in [3.63, 3.8) is 0 Å². The largest absolute Gasteiger partial charge is 0.384 e. The molecule has 0 amide bonds. The van der Waals surface area contributed by atoms with E-state index in [1.165, 1.54) is 18.2 Å². The van der Waals surface area contributed by atoms with E-state index in [-0.39, 0.29) is 17.3 Å². The number of imidazole rings is 1. The van der Waals surface area contributed by atoms with Gasteiger partial charge in [-0.1, -0.05) is 0 Å². The second-order valence-corrected chi connectivity index (χ2v) is 5.49. The van der Waals surface area contributed by atoms with Gasteiger partial charge in [-0.05, 0) is 32.4 Å². The first-order valence-electron chi connectivity index (χ1n) is 6.16. The zero-order valence-electron chi connectivity index (χ0n) is 12.1. The molecule has 2 aromatic rings. The maximum Gasteiger partial charge on any atom is 0.325 e. The monoisotopic (exact) mass is 320 g/mol. The van der Waals surface area contributed by atoms with E-state index in [9.17, 15) is 14.3 Å². The predicted octanol–water partition coefficient (Wildman–Crippen LogP) is 2.09. The maximum absolute atomic E-state index is 12.4. The number of aryl methyl sites for hydroxylation is 2. The molecule has 0 N–H and O–H groups in total. The van der Waals surface area contributed by atoms with E-state index in [2.05, 4.69) is 4.98 Å². The van der Waals surface area contributed by atoms with Crippen molar-refractivity contribution in [2.75, 3.05) is 0 Å². The zero-order valence-corrected chi connectivity index (χ0v) is 12.9.